The van der Waals surface area contributed by atoms with E-state index in [0.29, 0.717) is 36.7 Å². The summed E-state index contributed by atoms with van der Waals surface area (Å²) in [6.45, 7) is 5.12. The maximum atomic E-state index is 13.7. The molecule has 30 heavy (non-hydrogen) atoms. The van der Waals surface area contributed by atoms with Gasteiger partial charge in [-0.25, -0.2) is 14.1 Å². The van der Waals surface area contributed by atoms with Crippen LogP contribution in [0.3, 0.4) is 0 Å². The number of rotatable bonds is 7. The van der Waals surface area contributed by atoms with Gasteiger partial charge in [0.05, 0.1) is 24.3 Å². The molecule has 3 aromatic rings. The Bertz CT molecular complexity index is 1110. The van der Waals surface area contributed by atoms with Gasteiger partial charge < -0.3 is 14.5 Å². The van der Waals surface area contributed by atoms with Crippen LogP contribution >= 0.6 is 0 Å². The first-order valence-electron chi connectivity index (χ1n) is 10.2. The third kappa shape index (κ3) is 3.24. The lowest BCUT2D eigenvalue weighted by atomic mass is 9.84. The average Bonchev–Trinajstić information content (AvgIpc) is 3.11. The number of hydrogen-bond donors (Lipinski definition) is 1. The SMILES string of the molecule is CCC1(CNC(c2cn3cc(F)ccc3n2)c2nnnn2C2(C)CC2)COC(=O)C1. The van der Waals surface area contributed by atoms with Gasteiger partial charge in [-0.1, -0.05) is 6.92 Å². The van der Waals surface area contributed by atoms with Crippen LogP contribution in [0.15, 0.2) is 24.5 Å². The van der Waals surface area contributed by atoms with E-state index < -0.39 is 6.04 Å². The Morgan fingerprint density at radius 2 is 2.17 bits per heavy atom. The van der Waals surface area contributed by atoms with Crippen molar-refractivity contribution in [2.45, 2.75) is 51.1 Å². The number of fused-ring (bicyclic) bond motifs is 1. The minimum absolute atomic E-state index is 0.0983. The second-order valence-corrected chi connectivity index (χ2v) is 8.73. The fourth-order valence-electron chi connectivity index (χ4n) is 4.03. The molecule has 1 saturated carbocycles. The van der Waals surface area contributed by atoms with Gasteiger partial charge in [-0.15, -0.1) is 5.10 Å². The number of cyclic esters (lactones) is 1. The zero-order valence-corrected chi connectivity index (χ0v) is 17.0. The standard InChI is InChI=1S/C20H24FN7O2/c1-3-20(8-16(29)30-12-20)11-22-17(18-24-25-26-28(18)19(2)6-7-19)14-10-27-9-13(21)4-5-15(27)23-14/h4-5,9-10,17,22H,3,6-8,11-12H2,1-2H3. The molecular weight excluding hydrogens is 389 g/mol. The summed E-state index contributed by atoms with van der Waals surface area (Å²) < 4.78 is 22.5. The van der Waals surface area contributed by atoms with Gasteiger partial charge >= 0.3 is 5.97 Å². The lowest BCUT2D eigenvalue weighted by Gasteiger charge is -2.27. The number of pyridine rings is 1. The molecule has 0 bridgehead atoms. The van der Waals surface area contributed by atoms with Crippen LogP contribution in [0.4, 0.5) is 4.39 Å². The summed E-state index contributed by atoms with van der Waals surface area (Å²) in [6, 6.07) is 2.62. The van der Waals surface area contributed by atoms with Gasteiger partial charge in [0.2, 0.25) is 0 Å². The molecule has 2 atom stereocenters. The number of nitrogens with one attached hydrogen (secondary N) is 1. The molecule has 0 aromatic carbocycles. The Morgan fingerprint density at radius 1 is 1.33 bits per heavy atom. The monoisotopic (exact) mass is 413 g/mol. The van der Waals surface area contributed by atoms with Gasteiger partial charge in [0.1, 0.15) is 17.5 Å². The largest absolute Gasteiger partial charge is 0.465 e. The van der Waals surface area contributed by atoms with E-state index >= 15 is 0 Å². The molecule has 2 fully saturated rings. The second-order valence-electron chi connectivity index (χ2n) is 8.73. The Morgan fingerprint density at radius 3 is 2.87 bits per heavy atom. The van der Waals surface area contributed by atoms with Gasteiger partial charge in [0, 0.05) is 24.4 Å². The predicted octanol–water partition coefficient (Wildman–Crippen LogP) is 1.99. The summed E-state index contributed by atoms with van der Waals surface area (Å²) in [5.74, 6) is 0.155. The van der Waals surface area contributed by atoms with Crippen molar-refractivity contribution in [2.75, 3.05) is 13.2 Å². The zero-order chi connectivity index (χ0) is 20.9. The quantitative estimate of drug-likeness (QED) is 0.592. The lowest BCUT2D eigenvalue weighted by molar-refractivity contribution is -0.137. The zero-order valence-electron chi connectivity index (χ0n) is 17.0. The molecule has 1 aliphatic carbocycles. The van der Waals surface area contributed by atoms with Crippen LogP contribution in [0, 0.1) is 11.2 Å². The molecule has 0 amide bonds. The Kier molecular flexibility index (Phi) is 4.35. The van der Waals surface area contributed by atoms with Crippen molar-refractivity contribution < 1.29 is 13.9 Å². The fourth-order valence-corrected chi connectivity index (χ4v) is 4.03. The fraction of sp³-hybridized carbons (Fsp3) is 0.550. The molecule has 9 nitrogen and oxygen atoms in total. The highest BCUT2D eigenvalue weighted by molar-refractivity contribution is 5.72. The number of halogens is 1. The highest BCUT2D eigenvalue weighted by Gasteiger charge is 2.45. The highest BCUT2D eigenvalue weighted by Crippen LogP contribution is 2.43. The van der Waals surface area contributed by atoms with E-state index in [2.05, 4.69) is 39.7 Å². The van der Waals surface area contributed by atoms with Crippen LogP contribution in [0.1, 0.15) is 57.1 Å². The average molecular weight is 413 g/mol. The van der Waals surface area contributed by atoms with Crippen LogP contribution in [0.25, 0.3) is 5.65 Å². The first-order chi connectivity index (χ1) is 14.4. The van der Waals surface area contributed by atoms with Crippen LogP contribution < -0.4 is 5.32 Å². The van der Waals surface area contributed by atoms with E-state index in [-0.39, 0.29) is 22.7 Å². The van der Waals surface area contributed by atoms with E-state index in [1.807, 2.05) is 4.68 Å². The molecule has 1 saturated heterocycles. The van der Waals surface area contributed by atoms with Crippen molar-refractivity contribution in [3.8, 4) is 0 Å². The molecule has 2 aliphatic rings. The molecule has 5 rings (SSSR count). The first-order valence-corrected chi connectivity index (χ1v) is 10.2. The molecule has 3 aromatic heterocycles. The summed E-state index contributed by atoms with van der Waals surface area (Å²) in [5, 5.41) is 16.0. The summed E-state index contributed by atoms with van der Waals surface area (Å²) in [7, 11) is 0. The number of carbonyl (C=O) groups excluding carboxylic acids is 1. The van der Waals surface area contributed by atoms with E-state index in [1.165, 1.54) is 12.3 Å². The van der Waals surface area contributed by atoms with Gasteiger partial charge in [0.15, 0.2) is 5.82 Å². The molecule has 0 radical (unpaired) electrons. The third-order valence-corrected chi connectivity index (χ3v) is 6.46. The maximum absolute atomic E-state index is 13.7. The van der Waals surface area contributed by atoms with Crippen LogP contribution in [0.2, 0.25) is 0 Å². The number of nitrogens with zero attached hydrogens (tertiary/aromatic N) is 6. The van der Waals surface area contributed by atoms with Crippen LogP contribution in [-0.2, 0) is 15.1 Å². The highest BCUT2D eigenvalue weighted by atomic mass is 19.1. The molecule has 158 valence electrons. The number of hydrogen-bond acceptors (Lipinski definition) is 7. The molecule has 1 N–H and O–H groups in total. The van der Waals surface area contributed by atoms with Gasteiger partial charge in [-0.05, 0) is 48.7 Å². The van der Waals surface area contributed by atoms with Crippen molar-refractivity contribution in [3.63, 3.8) is 0 Å². The predicted molar refractivity (Wildman–Crippen MR) is 104 cm³/mol. The number of esters is 1. The molecule has 2 unspecified atom stereocenters. The molecular formula is C20H24FN7O2. The van der Waals surface area contributed by atoms with Crippen molar-refractivity contribution in [1.29, 1.82) is 0 Å². The topological polar surface area (TPSA) is 99.2 Å². The maximum Gasteiger partial charge on any atom is 0.306 e. The van der Waals surface area contributed by atoms with E-state index in [0.717, 1.165) is 19.3 Å². The summed E-state index contributed by atoms with van der Waals surface area (Å²) >= 11 is 0. The summed E-state index contributed by atoms with van der Waals surface area (Å²) in [5.41, 5.74) is 0.957. The first kappa shape index (κ1) is 19.1. The van der Waals surface area contributed by atoms with E-state index in [9.17, 15) is 9.18 Å². The normalized spacial score (nSPS) is 23.6. The molecule has 4 heterocycles. The molecule has 0 spiro atoms. The van der Waals surface area contributed by atoms with Gasteiger partial charge in [0.25, 0.3) is 0 Å². The Balaban J connectivity index is 1.52. The minimum Gasteiger partial charge on any atom is -0.465 e. The number of imidazole rings is 1. The van der Waals surface area contributed by atoms with Gasteiger partial charge in [-0.3, -0.25) is 4.79 Å². The van der Waals surface area contributed by atoms with Crippen molar-refractivity contribution in [3.05, 3.63) is 41.9 Å². The Labute approximate surface area is 172 Å². The number of aromatic nitrogens is 6. The van der Waals surface area contributed by atoms with Gasteiger partial charge in [-0.2, -0.15) is 0 Å². The van der Waals surface area contributed by atoms with Crippen molar-refractivity contribution >= 4 is 11.6 Å². The number of carbonyl (C=O) groups is 1. The van der Waals surface area contributed by atoms with E-state index in [4.69, 9.17) is 4.74 Å². The van der Waals surface area contributed by atoms with Crippen molar-refractivity contribution in [2.24, 2.45) is 5.41 Å². The number of tetrazole rings is 1. The Hall–Kier alpha value is -2.88. The smallest absolute Gasteiger partial charge is 0.306 e. The summed E-state index contributed by atoms with van der Waals surface area (Å²) in [4.78, 5) is 16.5. The summed E-state index contributed by atoms with van der Waals surface area (Å²) in [6.07, 6.45) is 6.38. The van der Waals surface area contributed by atoms with Crippen LogP contribution in [-0.4, -0.2) is 48.7 Å². The molecule has 1 aliphatic heterocycles. The minimum atomic E-state index is -0.403. The third-order valence-electron chi connectivity index (χ3n) is 6.46. The van der Waals surface area contributed by atoms with E-state index in [1.54, 1.807) is 16.7 Å². The van der Waals surface area contributed by atoms with Crippen LogP contribution in [0.5, 0.6) is 0 Å². The second kappa shape index (κ2) is 6.83. The number of ether oxygens (including phenoxy) is 1. The lowest BCUT2D eigenvalue weighted by Crippen LogP contribution is -2.38. The molecule has 10 heteroatoms. The van der Waals surface area contributed by atoms with Crippen molar-refractivity contribution in [1.82, 2.24) is 34.9 Å².